The number of phenols is 1. The highest BCUT2D eigenvalue weighted by atomic mass is 32.3. The minimum Gasteiger partial charge on any atom is -0.505 e. The van der Waals surface area contributed by atoms with Crippen LogP contribution in [-0.4, -0.2) is 115 Å². The van der Waals surface area contributed by atoms with Crippen molar-refractivity contribution in [3.05, 3.63) is 152 Å². The molecule has 0 saturated carbocycles. The molecule has 0 aliphatic carbocycles. The van der Waals surface area contributed by atoms with Crippen molar-refractivity contribution in [1.29, 1.82) is 0 Å². The summed E-state index contributed by atoms with van der Waals surface area (Å²) in [6.45, 7) is 1.46. The lowest BCUT2D eigenvalue weighted by Gasteiger charge is -2.14. The lowest BCUT2D eigenvalue weighted by Crippen LogP contribution is -2.15. The standard InChI is InChI=1S/C52H46N14O23S8/c1-2-90(68,69)37-15-7-33(8-16-37)58-63-49-43(94(76,77)78)27-30-28-44(95(79,80)81)50(52(67)45(30)48(49)55)64-59-35-13-21-40(22-14-35)93(74,75)66-36-5-3-31(4-6-36)56-61-41-29-42(62-57-32-9-17-38(18-10-32)91(70,71)25-23-88-96(82,83)84)47(54)51(46(41)53)65-60-34-11-19-39(20-12-34)92(72,73)26-24-89-97(85,86)87/h2-22,27-29,66-67H,1,23-26,53-55H2,(H,76,77,78)(H,79,80,81)(H,82,83,84)(H,85,86,87). The molecular weight excluding hydrogens is 1450 g/mol. The van der Waals surface area contributed by atoms with E-state index in [9.17, 15) is 81.6 Å². The predicted octanol–water partition coefficient (Wildman–Crippen LogP) is 9.77. The Hall–Kier alpha value is -9.88. The zero-order chi connectivity index (χ0) is 71.3. The van der Waals surface area contributed by atoms with Gasteiger partial charge in [-0.3, -0.25) is 22.9 Å². The van der Waals surface area contributed by atoms with E-state index in [4.69, 9.17) is 26.3 Å². The number of rotatable bonds is 27. The number of hydrogen-bond donors (Lipinski definition) is 9. The first-order chi connectivity index (χ1) is 45.1. The number of sulfone groups is 3. The molecule has 0 amide bonds. The Morgan fingerprint density at radius 2 is 0.753 bits per heavy atom. The molecule has 0 radical (unpaired) electrons. The Labute approximate surface area is 550 Å². The molecule has 0 saturated heterocycles. The molecule has 8 aromatic carbocycles. The normalized spacial score (nSPS) is 13.2. The van der Waals surface area contributed by atoms with Crippen LogP contribution in [0.15, 0.2) is 232 Å². The first-order valence-corrected chi connectivity index (χ1v) is 38.1. The number of anilines is 4. The van der Waals surface area contributed by atoms with E-state index in [2.05, 4.69) is 70.8 Å². The second-order valence-electron chi connectivity index (χ2n) is 19.3. The molecule has 8 aromatic rings. The average molecular weight is 1490 g/mol. The molecule has 8 rings (SSSR count). The third-order valence-electron chi connectivity index (χ3n) is 12.8. The van der Waals surface area contributed by atoms with Crippen LogP contribution in [0.1, 0.15) is 0 Å². The van der Waals surface area contributed by atoms with Crippen LogP contribution in [-0.2, 0) is 88.9 Å². The van der Waals surface area contributed by atoms with Crippen molar-refractivity contribution in [1.82, 2.24) is 0 Å². The van der Waals surface area contributed by atoms with Crippen molar-refractivity contribution in [3.8, 4) is 5.75 Å². The number of nitrogens with zero attached hydrogens (tertiary/aromatic N) is 10. The monoisotopic (exact) mass is 1490 g/mol. The molecule has 0 bridgehead atoms. The Kier molecular flexibility index (Phi) is 21.4. The van der Waals surface area contributed by atoms with Crippen molar-refractivity contribution in [2.75, 3.05) is 46.6 Å². The van der Waals surface area contributed by atoms with Gasteiger partial charge >= 0.3 is 20.8 Å². The maximum Gasteiger partial charge on any atom is 0.397 e. The van der Waals surface area contributed by atoms with Crippen LogP contribution in [0.4, 0.5) is 79.6 Å². The SMILES string of the molecule is C=CS(=O)(=O)c1ccc(N=Nc2c(S(=O)(=O)O)cc3cc(S(=O)(=O)O)c(N=Nc4ccc(S(=O)(=O)Nc5ccc(N=Nc6cc(N=Nc7ccc(S(=O)(=O)CCOS(=O)(=O)O)cc7)c(N)c(N=Nc7ccc(S(=O)(=O)CCOS(=O)(=O)O)cc7)c6N)cc5)cc4)c(O)c3c2N)cc1. The number of nitrogens with two attached hydrogens (primary N) is 3. The van der Waals surface area contributed by atoms with Crippen molar-refractivity contribution < 1.29 is 99.0 Å². The smallest absolute Gasteiger partial charge is 0.397 e. The van der Waals surface area contributed by atoms with Gasteiger partial charge in [-0.05, 0) is 145 Å². The van der Waals surface area contributed by atoms with Gasteiger partial charge in [0.2, 0.25) is 0 Å². The molecule has 12 N–H and O–H groups in total. The number of azo groups is 5. The van der Waals surface area contributed by atoms with Gasteiger partial charge in [-0.25, -0.2) is 42.0 Å². The minimum absolute atomic E-state index is 0.0126. The Balaban J connectivity index is 1.03. The van der Waals surface area contributed by atoms with E-state index >= 15 is 0 Å². The van der Waals surface area contributed by atoms with Gasteiger partial charge in [0.05, 0.1) is 95.2 Å². The zero-order valence-electron chi connectivity index (χ0n) is 48.4. The van der Waals surface area contributed by atoms with Crippen LogP contribution in [0, 0.1) is 0 Å². The summed E-state index contributed by atoms with van der Waals surface area (Å²) in [4.78, 5) is -3.27. The third kappa shape index (κ3) is 18.6. The highest BCUT2D eigenvalue weighted by Crippen LogP contribution is 2.49. The molecule has 0 spiro atoms. The van der Waals surface area contributed by atoms with Gasteiger partial charge in [0.1, 0.15) is 38.2 Å². The summed E-state index contributed by atoms with van der Waals surface area (Å²) in [5.41, 5.74) is 15.6. The summed E-state index contributed by atoms with van der Waals surface area (Å²) in [7, 11) is -36.9. The number of phenolic OH excluding ortho intramolecular Hbond substituents is 1. The number of nitrogen functional groups attached to an aromatic ring is 3. The van der Waals surface area contributed by atoms with Crippen molar-refractivity contribution in [3.63, 3.8) is 0 Å². The summed E-state index contributed by atoms with van der Waals surface area (Å²) in [5.74, 6) is -2.76. The molecule has 0 unspecified atom stereocenters. The van der Waals surface area contributed by atoms with Gasteiger partial charge in [-0.1, -0.05) is 6.58 Å². The van der Waals surface area contributed by atoms with E-state index < -0.39 is 149 Å². The zero-order valence-corrected chi connectivity index (χ0v) is 55.0. The largest absolute Gasteiger partial charge is 0.505 e. The lowest BCUT2D eigenvalue weighted by atomic mass is 10.1. The number of aromatic hydroxyl groups is 1. The molecular formula is C52H46N14O23S8. The number of nitrogens with one attached hydrogen (secondary N) is 1. The fourth-order valence-corrected chi connectivity index (χ4v) is 14.1. The van der Waals surface area contributed by atoms with Gasteiger partial charge in [0.25, 0.3) is 30.3 Å². The molecule has 0 atom stereocenters. The molecule has 0 fully saturated rings. The van der Waals surface area contributed by atoms with E-state index in [1.165, 1.54) is 66.7 Å². The summed E-state index contributed by atoms with van der Waals surface area (Å²) in [6, 6.07) is 26.1. The highest BCUT2D eigenvalue weighted by Gasteiger charge is 2.29. The van der Waals surface area contributed by atoms with E-state index in [1.54, 1.807) is 0 Å². The van der Waals surface area contributed by atoms with Crippen LogP contribution >= 0.6 is 0 Å². The molecule has 0 aliphatic rings. The maximum absolute atomic E-state index is 13.6. The van der Waals surface area contributed by atoms with E-state index in [0.29, 0.717) is 17.5 Å². The van der Waals surface area contributed by atoms with Gasteiger partial charge in [-0.15, -0.1) is 25.6 Å². The van der Waals surface area contributed by atoms with Crippen LogP contribution in [0.2, 0.25) is 0 Å². The highest BCUT2D eigenvalue weighted by molar-refractivity contribution is 7.94. The van der Waals surface area contributed by atoms with Crippen LogP contribution in [0.25, 0.3) is 10.8 Å². The molecule has 0 heterocycles. The van der Waals surface area contributed by atoms with E-state index in [-0.39, 0.29) is 82.1 Å². The summed E-state index contributed by atoms with van der Waals surface area (Å²) in [5, 5.41) is 51.3. The average Bonchev–Trinajstić information content (AvgIpc) is 0.742. The van der Waals surface area contributed by atoms with Crippen LogP contribution in [0.5, 0.6) is 5.75 Å². The summed E-state index contributed by atoms with van der Waals surface area (Å²) >= 11 is 0. The first-order valence-electron chi connectivity index (χ1n) is 26.1. The predicted molar refractivity (Wildman–Crippen MR) is 345 cm³/mol. The topological polar surface area (TPSA) is 606 Å². The fourth-order valence-electron chi connectivity index (χ4n) is 8.07. The minimum atomic E-state index is -5.34. The Morgan fingerprint density at radius 3 is 1.13 bits per heavy atom. The van der Waals surface area contributed by atoms with Gasteiger partial charge < -0.3 is 22.3 Å². The molecule has 0 aromatic heterocycles. The second kappa shape index (κ2) is 28.4. The number of fused-ring (bicyclic) bond motifs is 1. The van der Waals surface area contributed by atoms with Crippen molar-refractivity contribution in [2.24, 2.45) is 51.1 Å². The molecule has 97 heavy (non-hydrogen) atoms. The second-order valence-corrected chi connectivity index (χ2v) is 32.1. The lowest BCUT2D eigenvalue weighted by molar-refractivity contribution is 0.282. The Bertz CT molecular complexity index is 5580. The number of sulfonamides is 1. The quantitative estimate of drug-likeness (QED) is 0.0131. The van der Waals surface area contributed by atoms with Crippen molar-refractivity contribution in [2.45, 2.75) is 29.4 Å². The summed E-state index contributed by atoms with van der Waals surface area (Å²) in [6.07, 6.45) is 0. The fraction of sp³-hybridized carbons (Fsp3) is 0.0769. The molecule has 45 heteroatoms. The Morgan fingerprint density at radius 1 is 0.412 bits per heavy atom. The molecule has 0 aliphatic heterocycles. The van der Waals surface area contributed by atoms with E-state index in [1.807, 2.05) is 0 Å². The third-order valence-corrected chi connectivity index (χ3v) is 21.6. The van der Waals surface area contributed by atoms with Gasteiger partial charge in [0, 0.05) is 11.1 Å². The van der Waals surface area contributed by atoms with Crippen LogP contribution in [0.3, 0.4) is 0 Å². The van der Waals surface area contributed by atoms with E-state index in [0.717, 1.165) is 60.7 Å². The van der Waals surface area contributed by atoms with Crippen LogP contribution < -0.4 is 21.9 Å². The van der Waals surface area contributed by atoms with Gasteiger partial charge in [0.15, 0.2) is 35.3 Å². The number of hydrogen-bond acceptors (Lipinski definition) is 32. The summed E-state index contributed by atoms with van der Waals surface area (Å²) < 4.78 is 245. The first kappa shape index (κ1) is 72.9. The molecule has 510 valence electrons. The maximum atomic E-state index is 13.6. The molecule has 37 nitrogen and oxygen atoms in total. The number of benzene rings is 8. The van der Waals surface area contributed by atoms with Gasteiger partial charge in [-0.2, -0.15) is 59.2 Å². The van der Waals surface area contributed by atoms with Crippen molar-refractivity contribution >= 4 is 171 Å².